The number of nitrogens with zero attached hydrogens (tertiary/aromatic N) is 1. The zero-order valence-electron chi connectivity index (χ0n) is 13.4. The Bertz CT molecular complexity index is 807. The van der Waals surface area contributed by atoms with E-state index >= 15 is 0 Å². The summed E-state index contributed by atoms with van der Waals surface area (Å²) in [6.07, 6.45) is 1.58. The van der Waals surface area contributed by atoms with Crippen LogP contribution in [0.25, 0.3) is 0 Å². The average Bonchev–Trinajstić information content (AvgIpc) is 3.06. The van der Waals surface area contributed by atoms with E-state index in [1.165, 1.54) is 12.1 Å². The number of aromatic carboxylic acids is 1. The first-order valence-electron chi connectivity index (χ1n) is 8.01. The molecule has 1 saturated heterocycles. The largest absolute Gasteiger partial charge is 0.478 e. The van der Waals surface area contributed by atoms with Gasteiger partial charge in [0.2, 0.25) is 0 Å². The van der Waals surface area contributed by atoms with Gasteiger partial charge in [0.15, 0.2) is 5.82 Å². The van der Waals surface area contributed by atoms with Crippen LogP contribution in [0.3, 0.4) is 0 Å². The maximum atomic E-state index is 14.0. The molecule has 1 unspecified atom stereocenters. The summed E-state index contributed by atoms with van der Waals surface area (Å²) in [6.45, 7) is 1.12. The summed E-state index contributed by atoms with van der Waals surface area (Å²) in [5.41, 5.74) is 1.28. The number of rotatable bonds is 4. The summed E-state index contributed by atoms with van der Waals surface area (Å²) in [5, 5.41) is 8.87. The smallest absolute Gasteiger partial charge is 0.335 e. The lowest BCUT2D eigenvalue weighted by molar-refractivity contribution is 0.0696. The molecule has 3 rings (SSSR count). The first-order chi connectivity index (χ1) is 12.0. The molecule has 1 aliphatic rings. The Morgan fingerprint density at radius 3 is 2.60 bits per heavy atom. The zero-order valence-corrected chi connectivity index (χ0v) is 14.2. The predicted octanol–water partition coefficient (Wildman–Crippen LogP) is 3.88. The lowest BCUT2D eigenvalue weighted by Crippen LogP contribution is -2.29. The molecule has 25 heavy (non-hydrogen) atoms. The number of halogens is 2. The number of carboxylic acids is 1. The molecule has 2 aromatic rings. The molecule has 1 amide bonds. The van der Waals surface area contributed by atoms with Gasteiger partial charge in [-0.1, -0.05) is 29.8 Å². The summed E-state index contributed by atoms with van der Waals surface area (Å²) in [4.78, 5) is 25.0. The first kappa shape index (κ1) is 17.4. The number of likely N-dealkylation sites (tertiary alicyclic amines) is 1. The third-order valence-corrected chi connectivity index (χ3v) is 4.77. The molecule has 2 aromatic carbocycles. The number of benzene rings is 2. The molecule has 4 nitrogen and oxygen atoms in total. The standard InChI is InChI=1S/C19H17ClFNO3/c20-16-3-1-2-15(17(16)21)18(23)22-9-8-13(11-22)10-12-4-6-14(7-5-12)19(24)25/h1-7,13H,8-11H2,(H,24,25). The summed E-state index contributed by atoms with van der Waals surface area (Å²) in [5.74, 6) is -1.71. The van der Waals surface area contributed by atoms with Gasteiger partial charge in [-0.05, 0) is 48.6 Å². The Hall–Kier alpha value is -2.40. The van der Waals surface area contributed by atoms with Crippen molar-refractivity contribution in [1.82, 2.24) is 4.90 Å². The molecule has 130 valence electrons. The van der Waals surface area contributed by atoms with Crippen LogP contribution >= 0.6 is 11.6 Å². The Morgan fingerprint density at radius 1 is 1.20 bits per heavy atom. The minimum Gasteiger partial charge on any atom is -0.478 e. The van der Waals surface area contributed by atoms with E-state index < -0.39 is 11.8 Å². The SMILES string of the molecule is O=C(O)c1ccc(CC2CCN(C(=O)c3cccc(Cl)c3F)C2)cc1. The quantitative estimate of drug-likeness (QED) is 0.899. The van der Waals surface area contributed by atoms with Crippen LogP contribution in [-0.4, -0.2) is 35.0 Å². The number of hydrogen-bond acceptors (Lipinski definition) is 2. The molecule has 0 aromatic heterocycles. The maximum absolute atomic E-state index is 14.0. The van der Waals surface area contributed by atoms with E-state index in [0.717, 1.165) is 18.4 Å². The normalized spacial score (nSPS) is 16.9. The number of carbonyl (C=O) groups excluding carboxylic acids is 1. The molecule has 0 spiro atoms. The van der Waals surface area contributed by atoms with Crippen LogP contribution in [0.2, 0.25) is 5.02 Å². The number of amides is 1. The highest BCUT2D eigenvalue weighted by molar-refractivity contribution is 6.31. The Kier molecular flexibility index (Phi) is 5.04. The van der Waals surface area contributed by atoms with Crippen LogP contribution in [0.5, 0.6) is 0 Å². The van der Waals surface area contributed by atoms with Gasteiger partial charge in [0.05, 0.1) is 16.1 Å². The molecular weight excluding hydrogens is 345 g/mol. The Morgan fingerprint density at radius 2 is 1.92 bits per heavy atom. The molecule has 1 N–H and O–H groups in total. The number of carboxylic acid groups (broad SMARTS) is 1. The van der Waals surface area contributed by atoms with E-state index in [1.807, 2.05) is 0 Å². The van der Waals surface area contributed by atoms with Crippen molar-refractivity contribution in [2.45, 2.75) is 12.8 Å². The molecule has 0 saturated carbocycles. The summed E-state index contributed by atoms with van der Waals surface area (Å²) < 4.78 is 14.0. The summed E-state index contributed by atoms with van der Waals surface area (Å²) >= 11 is 5.75. The van der Waals surface area contributed by atoms with E-state index in [0.29, 0.717) is 13.1 Å². The fourth-order valence-corrected chi connectivity index (χ4v) is 3.31. The third-order valence-electron chi connectivity index (χ3n) is 4.48. The Balaban J connectivity index is 1.64. The second-order valence-electron chi connectivity index (χ2n) is 6.21. The van der Waals surface area contributed by atoms with E-state index in [-0.39, 0.29) is 28.0 Å². The van der Waals surface area contributed by atoms with Crippen LogP contribution in [0, 0.1) is 11.7 Å². The summed E-state index contributed by atoms with van der Waals surface area (Å²) in [7, 11) is 0. The van der Waals surface area contributed by atoms with Crippen molar-refractivity contribution < 1.29 is 19.1 Å². The van der Waals surface area contributed by atoms with E-state index in [9.17, 15) is 14.0 Å². The van der Waals surface area contributed by atoms with Crippen LogP contribution in [0.1, 0.15) is 32.7 Å². The highest BCUT2D eigenvalue weighted by Crippen LogP contribution is 2.25. The van der Waals surface area contributed by atoms with Crippen molar-refractivity contribution >= 4 is 23.5 Å². The fraction of sp³-hybridized carbons (Fsp3) is 0.263. The molecule has 0 radical (unpaired) electrons. The molecular formula is C19H17ClFNO3. The molecule has 1 atom stereocenters. The zero-order chi connectivity index (χ0) is 18.0. The highest BCUT2D eigenvalue weighted by atomic mass is 35.5. The van der Waals surface area contributed by atoms with Crippen molar-refractivity contribution in [1.29, 1.82) is 0 Å². The van der Waals surface area contributed by atoms with Crippen molar-refractivity contribution in [2.75, 3.05) is 13.1 Å². The lowest BCUT2D eigenvalue weighted by Gasteiger charge is -2.17. The van der Waals surface area contributed by atoms with Gasteiger partial charge < -0.3 is 10.0 Å². The monoisotopic (exact) mass is 361 g/mol. The second-order valence-corrected chi connectivity index (χ2v) is 6.62. The van der Waals surface area contributed by atoms with Gasteiger partial charge in [-0.15, -0.1) is 0 Å². The first-order valence-corrected chi connectivity index (χ1v) is 8.39. The van der Waals surface area contributed by atoms with Crippen LogP contribution < -0.4 is 0 Å². The van der Waals surface area contributed by atoms with Gasteiger partial charge in [-0.3, -0.25) is 4.79 Å². The van der Waals surface area contributed by atoms with Crippen molar-refractivity contribution in [3.8, 4) is 0 Å². The molecule has 1 heterocycles. The van der Waals surface area contributed by atoms with Crippen LogP contribution in [0.15, 0.2) is 42.5 Å². The highest BCUT2D eigenvalue weighted by Gasteiger charge is 2.28. The van der Waals surface area contributed by atoms with Gasteiger partial charge in [-0.25, -0.2) is 9.18 Å². The summed E-state index contributed by atoms with van der Waals surface area (Å²) in [6, 6.07) is 11.2. The molecule has 6 heteroatoms. The van der Waals surface area contributed by atoms with Gasteiger partial charge in [0.25, 0.3) is 5.91 Å². The number of hydrogen-bond donors (Lipinski definition) is 1. The molecule has 0 aliphatic carbocycles. The van der Waals surface area contributed by atoms with E-state index in [4.69, 9.17) is 16.7 Å². The van der Waals surface area contributed by atoms with Crippen molar-refractivity contribution in [2.24, 2.45) is 5.92 Å². The van der Waals surface area contributed by atoms with Crippen LogP contribution in [0.4, 0.5) is 4.39 Å². The van der Waals surface area contributed by atoms with Crippen molar-refractivity contribution in [3.05, 3.63) is 70.0 Å². The maximum Gasteiger partial charge on any atom is 0.335 e. The fourth-order valence-electron chi connectivity index (χ4n) is 3.14. The topological polar surface area (TPSA) is 57.6 Å². The number of carbonyl (C=O) groups is 2. The minimum absolute atomic E-state index is 0.000962. The van der Waals surface area contributed by atoms with Crippen molar-refractivity contribution in [3.63, 3.8) is 0 Å². The van der Waals surface area contributed by atoms with E-state index in [1.54, 1.807) is 35.2 Å². The minimum atomic E-state index is -0.951. The molecule has 0 bridgehead atoms. The van der Waals surface area contributed by atoms with Crippen LogP contribution in [-0.2, 0) is 6.42 Å². The predicted molar refractivity (Wildman–Crippen MR) is 92.5 cm³/mol. The molecule has 1 fully saturated rings. The van der Waals surface area contributed by atoms with Gasteiger partial charge in [0.1, 0.15) is 0 Å². The van der Waals surface area contributed by atoms with Gasteiger partial charge in [-0.2, -0.15) is 0 Å². The third kappa shape index (κ3) is 3.82. The van der Waals surface area contributed by atoms with Gasteiger partial charge in [0, 0.05) is 13.1 Å². The lowest BCUT2D eigenvalue weighted by atomic mass is 9.98. The average molecular weight is 362 g/mol. The van der Waals surface area contributed by atoms with Gasteiger partial charge >= 0.3 is 5.97 Å². The van der Waals surface area contributed by atoms with E-state index in [2.05, 4.69) is 0 Å². The molecule has 1 aliphatic heterocycles. The Labute approximate surface area is 149 Å². The second kappa shape index (κ2) is 7.23.